The molecule has 2 N–H and O–H groups in total. The Morgan fingerprint density at radius 3 is 2.90 bits per heavy atom. The molecule has 1 fully saturated rings. The van der Waals surface area contributed by atoms with E-state index in [0.717, 1.165) is 18.4 Å². The van der Waals surface area contributed by atoms with Crippen molar-refractivity contribution in [3.8, 4) is 11.5 Å². The van der Waals surface area contributed by atoms with Crippen LogP contribution in [0, 0.1) is 0 Å². The van der Waals surface area contributed by atoms with Crippen LogP contribution in [0.15, 0.2) is 22.9 Å². The topological polar surface area (TPSA) is 96.3 Å². The molecule has 0 atom stereocenters. The molecular formula is C14H18N4O3. The summed E-state index contributed by atoms with van der Waals surface area (Å²) in [4.78, 5) is 8.45. The van der Waals surface area contributed by atoms with Crippen LogP contribution < -0.4 is 5.73 Å². The normalized spacial score (nSPS) is 17.8. The van der Waals surface area contributed by atoms with Gasteiger partial charge in [0.05, 0.1) is 0 Å². The highest BCUT2D eigenvalue weighted by atomic mass is 16.5. The molecule has 7 heteroatoms. The van der Waals surface area contributed by atoms with Crippen LogP contribution >= 0.6 is 0 Å². The van der Waals surface area contributed by atoms with Crippen LogP contribution in [0.3, 0.4) is 0 Å². The minimum Gasteiger partial charge on any atom is -0.384 e. The van der Waals surface area contributed by atoms with Gasteiger partial charge in [0.1, 0.15) is 11.4 Å². The smallest absolute Gasteiger partial charge is 0.258 e. The number of rotatable bonds is 4. The summed E-state index contributed by atoms with van der Waals surface area (Å²) >= 11 is 0. The maximum Gasteiger partial charge on any atom is 0.258 e. The van der Waals surface area contributed by atoms with Crippen molar-refractivity contribution in [1.29, 1.82) is 0 Å². The van der Waals surface area contributed by atoms with Crippen LogP contribution in [0.4, 0.5) is 5.82 Å². The summed E-state index contributed by atoms with van der Waals surface area (Å²) in [5.41, 5.74) is 5.91. The highest BCUT2D eigenvalue weighted by Crippen LogP contribution is 2.35. The number of ether oxygens (including phenoxy) is 2. The van der Waals surface area contributed by atoms with Gasteiger partial charge in [-0.2, -0.15) is 4.98 Å². The number of aromatic nitrogens is 3. The number of pyridine rings is 1. The molecule has 0 unspecified atom stereocenters. The van der Waals surface area contributed by atoms with Crippen molar-refractivity contribution in [2.75, 3.05) is 25.6 Å². The minimum absolute atomic E-state index is 0.415. The second kappa shape index (κ2) is 5.79. The van der Waals surface area contributed by atoms with E-state index >= 15 is 0 Å². The number of anilines is 1. The van der Waals surface area contributed by atoms with Gasteiger partial charge in [-0.05, 0) is 19.1 Å². The first kappa shape index (κ1) is 14.0. The van der Waals surface area contributed by atoms with Crippen molar-refractivity contribution in [1.82, 2.24) is 15.1 Å². The predicted octanol–water partition coefficient (Wildman–Crippen LogP) is 1.76. The van der Waals surface area contributed by atoms with Crippen molar-refractivity contribution in [3.05, 3.63) is 24.2 Å². The van der Waals surface area contributed by atoms with E-state index in [-0.39, 0.29) is 0 Å². The minimum atomic E-state index is -0.521. The average molecular weight is 290 g/mol. The van der Waals surface area contributed by atoms with Gasteiger partial charge >= 0.3 is 0 Å². The van der Waals surface area contributed by atoms with Gasteiger partial charge in [-0.1, -0.05) is 5.16 Å². The Hall–Kier alpha value is -1.99. The molecule has 0 aliphatic carbocycles. The zero-order chi connectivity index (χ0) is 14.7. The van der Waals surface area contributed by atoms with Gasteiger partial charge in [0.2, 0.25) is 5.82 Å². The molecule has 3 heterocycles. The highest BCUT2D eigenvalue weighted by Gasteiger charge is 2.39. The van der Waals surface area contributed by atoms with Crippen molar-refractivity contribution in [2.45, 2.75) is 25.4 Å². The van der Waals surface area contributed by atoms with Gasteiger partial charge in [-0.15, -0.1) is 0 Å². The number of hydrogen-bond donors (Lipinski definition) is 1. The zero-order valence-electron chi connectivity index (χ0n) is 11.9. The molecule has 0 bridgehead atoms. The van der Waals surface area contributed by atoms with Crippen molar-refractivity contribution in [3.63, 3.8) is 0 Å². The Balaban J connectivity index is 1.92. The van der Waals surface area contributed by atoms with E-state index in [1.165, 1.54) is 0 Å². The average Bonchev–Trinajstić information content (AvgIpc) is 2.99. The van der Waals surface area contributed by atoms with E-state index in [4.69, 9.17) is 19.7 Å². The lowest BCUT2D eigenvalue weighted by atomic mass is 9.93. The first-order chi connectivity index (χ1) is 10.2. The number of nitrogen functional groups attached to an aromatic ring is 1. The monoisotopic (exact) mass is 290 g/mol. The molecule has 7 nitrogen and oxygen atoms in total. The van der Waals surface area contributed by atoms with Gasteiger partial charge in [0.15, 0.2) is 0 Å². The van der Waals surface area contributed by atoms with Crippen molar-refractivity contribution in [2.24, 2.45) is 0 Å². The van der Waals surface area contributed by atoms with Gasteiger partial charge in [0.25, 0.3) is 5.89 Å². The standard InChI is InChI=1S/C14H18N4O3/c1-2-20-14(4-7-19-8-5-14)13-17-12(21-18-13)10-3-6-16-11(15)9-10/h3,6,9H,2,4-5,7-8H2,1H3,(H2,15,16). The van der Waals surface area contributed by atoms with Crippen LogP contribution in [0.25, 0.3) is 11.5 Å². The van der Waals surface area contributed by atoms with Crippen LogP contribution in [0.1, 0.15) is 25.6 Å². The van der Waals surface area contributed by atoms with Gasteiger partial charge in [-0.3, -0.25) is 0 Å². The molecule has 1 saturated heterocycles. The molecule has 112 valence electrons. The summed E-state index contributed by atoms with van der Waals surface area (Å²) < 4.78 is 16.7. The van der Waals surface area contributed by atoms with E-state index in [2.05, 4.69) is 15.1 Å². The third-order valence-electron chi connectivity index (χ3n) is 3.58. The first-order valence-corrected chi connectivity index (χ1v) is 7.01. The summed E-state index contributed by atoms with van der Waals surface area (Å²) in [5.74, 6) is 1.40. The van der Waals surface area contributed by atoms with Crippen molar-refractivity contribution < 1.29 is 14.0 Å². The fraction of sp³-hybridized carbons (Fsp3) is 0.500. The molecule has 0 aromatic carbocycles. The Kier molecular flexibility index (Phi) is 3.85. The Labute approximate surface area is 122 Å². The van der Waals surface area contributed by atoms with E-state index in [1.54, 1.807) is 18.3 Å². The Morgan fingerprint density at radius 1 is 1.38 bits per heavy atom. The third kappa shape index (κ3) is 2.74. The molecule has 21 heavy (non-hydrogen) atoms. The molecule has 0 saturated carbocycles. The molecule has 0 amide bonds. The molecule has 1 aliphatic rings. The summed E-state index contributed by atoms with van der Waals surface area (Å²) in [6.45, 7) is 3.81. The first-order valence-electron chi connectivity index (χ1n) is 7.01. The maximum atomic E-state index is 5.93. The molecule has 3 rings (SSSR count). The van der Waals surface area contributed by atoms with E-state index in [0.29, 0.717) is 37.4 Å². The fourth-order valence-electron chi connectivity index (χ4n) is 2.52. The number of nitrogens with zero attached hydrogens (tertiary/aromatic N) is 3. The number of hydrogen-bond acceptors (Lipinski definition) is 7. The fourth-order valence-corrected chi connectivity index (χ4v) is 2.52. The summed E-state index contributed by atoms with van der Waals surface area (Å²) in [5, 5.41) is 4.11. The van der Waals surface area contributed by atoms with Gasteiger partial charge in [0, 0.05) is 44.4 Å². The molecule has 2 aromatic heterocycles. The molecule has 0 spiro atoms. The quantitative estimate of drug-likeness (QED) is 0.916. The maximum absolute atomic E-state index is 5.93. The lowest BCUT2D eigenvalue weighted by molar-refractivity contribution is -0.118. The van der Waals surface area contributed by atoms with Crippen LogP contribution in [-0.2, 0) is 15.1 Å². The van der Waals surface area contributed by atoms with Crippen molar-refractivity contribution >= 4 is 5.82 Å². The van der Waals surface area contributed by atoms with E-state index in [1.807, 2.05) is 6.92 Å². The molecule has 1 aliphatic heterocycles. The third-order valence-corrected chi connectivity index (χ3v) is 3.58. The lowest BCUT2D eigenvalue weighted by Gasteiger charge is -2.33. The summed E-state index contributed by atoms with van der Waals surface area (Å²) in [6.07, 6.45) is 3.05. The largest absolute Gasteiger partial charge is 0.384 e. The molecule has 0 radical (unpaired) electrons. The SMILES string of the molecule is CCOC1(c2noc(-c3ccnc(N)c3)n2)CCOCC1. The predicted molar refractivity (Wildman–Crippen MR) is 75.3 cm³/mol. The Bertz CT molecular complexity index is 602. The molecular weight excluding hydrogens is 272 g/mol. The lowest BCUT2D eigenvalue weighted by Crippen LogP contribution is -2.37. The highest BCUT2D eigenvalue weighted by molar-refractivity contribution is 5.56. The van der Waals surface area contributed by atoms with Gasteiger partial charge in [-0.25, -0.2) is 4.98 Å². The van der Waals surface area contributed by atoms with Crippen LogP contribution in [0.5, 0.6) is 0 Å². The number of nitrogens with two attached hydrogens (primary N) is 1. The zero-order valence-corrected chi connectivity index (χ0v) is 11.9. The summed E-state index contributed by atoms with van der Waals surface area (Å²) in [7, 11) is 0. The summed E-state index contributed by atoms with van der Waals surface area (Å²) in [6, 6.07) is 3.49. The Morgan fingerprint density at radius 2 is 2.19 bits per heavy atom. The van der Waals surface area contributed by atoms with E-state index in [9.17, 15) is 0 Å². The van der Waals surface area contributed by atoms with Crippen LogP contribution in [0.2, 0.25) is 0 Å². The second-order valence-corrected chi connectivity index (χ2v) is 4.93. The van der Waals surface area contributed by atoms with Crippen LogP contribution in [-0.4, -0.2) is 34.9 Å². The second-order valence-electron chi connectivity index (χ2n) is 4.93. The molecule has 2 aromatic rings. The van der Waals surface area contributed by atoms with Gasteiger partial charge < -0.3 is 19.7 Å². The van der Waals surface area contributed by atoms with E-state index < -0.39 is 5.60 Å².